The summed E-state index contributed by atoms with van der Waals surface area (Å²) in [6, 6.07) is 0.371. The molecule has 2 rings (SSSR count). The molecule has 94 valence electrons. The predicted octanol–water partition coefficient (Wildman–Crippen LogP) is 1.68. The van der Waals surface area contributed by atoms with Crippen LogP contribution >= 0.6 is 11.3 Å². The molecule has 17 heavy (non-hydrogen) atoms. The Bertz CT molecular complexity index is 388. The summed E-state index contributed by atoms with van der Waals surface area (Å²) in [7, 11) is 1.99. The summed E-state index contributed by atoms with van der Waals surface area (Å²) in [5.74, 6) is 0.135. The molecule has 0 aromatic carbocycles. The predicted molar refractivity (Wildman–Crippen MR) is 65.7 cm³/mol. The fraction of sp³-hybridized carbons (Fsp3) is 0.636. The molecule has 6 heteroatoms. The molecular formula is C11H16N2O3S. The van der Waals surface area contributed by atoms with E-state index in [1.165, 1.54) is 11.3 Å². The van der Waals surface area contributed by atoms with Crippen molar-refractivity contribution in [3.05, 3.63) is 5.38 Å². The van der Waals surface area contributed by atoms with Crippen LogP contribution in [0.2, 0.25) is 0 Å². The summed E-state index contributed by atoms with van der Waals surface area (Å²) in [5, 5.41) is 2.62. The van der Waals surface area contributed by atoms with Crippen LogP contribution in [0.15, 0.2) is 5.38 Å². The number of anilines is 1. The molecule has 0 amide bonds. The lowest BCUT2D eigenvalue weighted by Crippen LogP contribution is -2.31. The van der Waals surface area contributed by atoms with E-state index in [1.54, 1.807) is 12.3 Å². The van der Waals surface area contributed by atoms with Crippen LogP contribution in [-0.4, -0.2) is 37.3 Å². The molecule has 1 unspecified atom stereocenters. The van der Waals surface area contributed by atoms with Crippen LogP contribution in [0.3, 0.4) is 0 Å². The zero-order valence-electron chi connectivity index (χ0n) is 10.0. The van der Waals surface area contributed by atoms with Crippen molar-refractivity contribution in [2.24, 2.45) is 0 Å². The van der Waals surface area contributed by atoms with Gasteiger partial charge in [-0.25, -0.2) is 0 Å². The molecule has 1 aliphatic rings. The van der Waals surface area contributed by atoms with Gasteiger partial charge >= 0.3 is 5.97 Å². The number of aromatic nitrogens is 1. The number of likely N-dealkylation sites (N-methyl/N-ethyl adjacent to an activating group) is 1. The van der Waals surface area contributed by atoms with Gasteiger partial charge in [0.2, 0.25) is 5.88 Å². The standard InChI is InChI=1S/C11H16N2O3S/c1-3-10(14)16-9-7-17-11(12-9)13(2)8-4-5-15-6-8/h7-8H,3-6H2,1-2H3. The van der Waals surface area contributed by atoms with E-state index in [-0.39, 0.29) is 5.97 Å². The highest BCUT2D eigenvalue weighted by molar-refractivity contribution is 7.13. The van der Waals surface area contributed by atoms with Gasteiger partial charge in [-0.3, -0.25) is 4.79 Å². The van der Waals surface area contributed by atoms with Crippen LogP contribution in [0.4, 0.5) is 5.13 Å². The van der Waals surface area contributed by atoms with Crippen LogP contribution in [0.1, 0.15) is 19.8 Å². The summed E-state index contributed by atoms with van der Waals surface area (Å²) in [5.41, 5.74) is 0. The number of rotatable bonds is 4. The maximum atomic E-state index is 11.1. The van der Waals surface area contributed by atoms with Gasteiger partial charge < -0.3 is 14.4 Å². The molecule has 5 nitrogen and oxygen atoms in total. The lowest BCUT2D eigenvalue weighted by molar-refractivity contribution is -0.134. The molecule has 1 aromatic rings. The number of thiazole rings is 1. The van der Waals surface area contributed by atoms with Crippen molar-refractivity contribution in [2.75, 3.05) is 25.2 Å². The van der Waals surface area contributed by atoms with Crippen molar-refractivity contribution in [3.63, 3.8) is 0 Å². The van der Waals surface area contributed by atoms with E-state index in [0.717, 1.165) is 24.8 Å². The van der Waals surface area contributed by atoms with E-state index < -0.39 is 0 Å². The number of hydrogen-bond acceptors (Lipinski definition) is 6. The topological polar surface area (TPSA) is 51.7 Å². The maximum absolute atomic E-state index is 11.1. The first-order valence-corrected chi connectivity index (χ1v) is 6.55. The largest absolute Gasteiger partial charge is 0.406 e. The van der Waals surface area contributed by atoms with Crippen molar-refractivity contribution >= 4 is 22.4 Å². The average molecular weight is 256 g/mol. The minimum atomic E-state index is -0.256. The third-order valence-electron chi connectivity index (χ3n) is 2.73. The SMILES string of the molecule is CCC(=O)Oc1csc(N(C)C2CCOC2)n1. The van der Waals surface area contributed by atoms with Crippen molar-refractivity contribution in [1.82, 2.24) is 4.98 Å². The molecule has 0 spiro atoms. The number of hydrogen-bond donors (Lipinski definition) is 0. The fourth-order valence-corrected chi connectivity index (χ4v) is 2.40. The highest BCUT2D eigenvalue weighted by Crippen LogP contribution is 2.27. The molecule has 1 aromatic heterocycles. The Morgan fingerprint density at radius 1 is 1.76 bits per heavy atom. The van der Waals surface area contributed by atoms with Crippen molar-refractivity contribution in [3.8, 4) is 5.88 Å². The molecule has 0 aliphatic carbocycles. The molecule has 1 atom stereocenters. The molecule has 0 radical (unpaired) electrons. The normalized spacial score (nSPS) is 19.3. The number of carbonyl (C=O) groups excluding carboxylic acids is 1. The molecule has 1 aliphatic heterocycles. The Morgan fingerprint density at radius 3 is 3.24 bits per heavy atom. The summed E-state index contributed by atoms with van der Waals surface area (Å²) in [4.78, 5) is 17.5. The number of esters is 1. The Labute approximate surface area is 104 Å². The van der Waals surface area contributed by atoms with E-state index >= 15 is 0 Å². The fourth-order valence-electron chi connectivity index (χ4n) is 1.63. The Morgan fingerprint density at radius 2 is 2.59 bits per heavy atom. The molecule has 1 saturated heterocycles. The quantitative estimate of drug-likeness (QED) is 0.767. The van der Waals surface area contributed by atoms with Crippen LogP contribution in [0.25, 0.3) is 0 Å². The second kappa shape index (κ2) is 5.46. The van der Waals surface area contributed by atoms with Gasteiger partial charge in [-0.05, 0) is 6.42 Å². The van der Waals surface area contributed by atoms with Gasteiger partial charge in [0.15, 0.2) is 5.13 Å². The summed E-state index contributed by atoms with van der Waals surface area (Å²) in [6.07, 6.45) is 1.37. The zero-order valence-corrected chi connectivity index (χ0v) is 10.8. The number of nitrogens with zero attached hydrogens (tertiary/aromatic N) is 2. The van der Waals surface area contributed by atoms with Gasteiger partial charge in [0.05, 0.1) is 18.0 Å². The van der Waals surface area contributed by atoms with Crippen molar-refractivity contribution in [2.45, 2.75) is 25.8 Å². The van der Waals surface area contributed by atoms with Gasteiger partial charge in [-0.1, -0.05) is 6.92 Å². The van der Waals surface area contributed by atoms with Crippen LogP contribution in [0, 0.1) is 0 Å². The van der Waals surface area contributed by atoms with E-state index in [0.29, 0.717) is 18.3 Å². The lowest BCUT2D eigenvalue weighted by atomic mass is 10.2. The molecule has 2 heterocycles. The summed E-state index contributed by atoms with van der Waals surface area (Å²) < 4.78 is 10.4. The van der Waals surface area contributed by atoms with Gasteiger partial charge in [0, 0.05) is 20.1 Å². The second-order valence-electron chi connectivity index (χ2n) is 3.92. The monoisotopic (exact) mass is 256 g/mol. The van der Waals surface area contributed by atoms with Crippen LogP contribution in [0.5, 0.6) is 5.88 Å². The van der Waals surface area contributed by atoms with Gasteiger partial charge in [-0.2, -0.15) is 4.98 Å². The maximum Gasteiger partial charge on any atom is 0.312 e. The van der Waals surface area contributed by atoms with Gasteiger partial charge in [0.25, 0.3) is 0 Å². The molecule has 1 fully saturated rings. The summed E-state index contributed by atoms with van der Waals surface area (Å²) >= 11 is 1.48. The first-order chi connectivity index (χ1) is 8.20. The van der Waals surface area contributed by atoms with Gasteiger partial charge in [-0.15, -0.1) is 11.3 Å². The minimum Gasteiger partial charge on any atom is -0.406 e. The Balaban J connectivity index is 1.99. The second-order valence-corrected chi connectivity index (χ2v) is 4.76. The third-order valence-corrected chi connectivity index (χ3v) is 3.64. The molecule has 0 N–H and O–H groups in total. The molecular weight excluding hydrogens is 240 g/mol. The molecule has 0 saturated carbocycles. The first kappa shape index (κ1) is 12.3. The Kier molecular flexibility index (Phi) is 3.96. The molecule has 0 bridgehead atoms. The third kappa shape index (κ3) is 2.95. The first-order valence-electron chi connectivity index (χ1n) is 5.67. The average Bonchev–Trinajstić information content (AvgIpc) is 2.98. The highest BCUT2D eigenvalue weighted by atomic mass is 32.1. The van der Waals surface area contributed by atoms with E-state index in [4.69, 9.17) is 9.47 Å². The van der Waals surface area contributed by atoms with E-state index in [1.807, 2.05) is 7.05 Å². The van der Waals surface area contributed by atoms with Crippen molar-refractivity contribution < 1.29 is 14.3 Å². The zero-order chi connectivity index (χ0) is 12.3. The van der Waals surface area contributed by atoms with Crippen molar-refractivity contribution in [1.29, 1.82) is 0 Å². The smallest absolute Gasteiger partial charge is 0.312 e. The van der Waals surface area contributed by atoms with Crippen LogP contribution in [-0.2, 0) is 9.53 Å². The summed E-state index contributed by atoms with van der Waals surface area (Å²) in [6.45, 7) is 3.30. The lowest BCUT2D eigenvalue weighted by Gasteiger charge is -2.21. The van der Waals surface area contributed by atoms with E-state index in [2.05, 4.69) is 9.88 Å². The van der Waals surface area contributed by atoms with Crippen LogP contribution < -0.4 is 9.64 Å². The van der Waals surface area contributed by atoms with E-state index in [9.17, 15) is 4.79 Å². The number of ether oxygens (including phenoxy) is 2. The minimum absolute atomic E-state index is 0.256. The van der Waals surface area contributed by atoms with Gasteiger partial charge in [0.1, 0.15) is 0 Å². The highest BCUT2D eigenvalue weighted by Gasteiger charge is 2.22. The number of carbonyl (C=O) groups is 1. The Hall–Kier alpha value is -1.14.